The number of ether oxygens (including phenoxy) is 1. The Bertz CT molecular complexity index is 1150. The zero-order valence-electron chi connectivity index (χ0n) is 50.1. The largest absolute Gasteiger partial charge is 0.466 e. The molecule has 6 heteroatoms. The highest BCUT2D eigenvalue weighted by atomic mass is 16.5. The van der Waals surface area contributed by atoms with Crippen LogP contribution in [0.25, 0.3) is 0 Å². The van der Waals surface area contributed by atoms with E-state index < -0.39 is 12.1 Å². The van der Waals surface area contributed by atoms with Crippen molar-refractivity contribution in [1.29, 1.82) is 0 Å². The van der Waals surface area contributed by atoms with E-state index in [4.69, 9.17) is 4.74 Å². The minimum absolute atomic E-state index is 0.00781. The van der Waals surface area contributed by atoms with Gasteiger partial charge in [0.1, 0.15) is 0 Å². The van der Waals surface area contributed by atoms with Crippen LogP contribution in [0.3, 0.4) is 0 Å². The maximum Gasteiger partial charge on any atom is 0.305 e. The minimum atomic E-state index is -0.846. The average molecular weight is 1040 g/mol. The lowest BCUT2D eigenvalue weighted by atomic mass is 10.0. The zero-order chi connectivity index (χ0) is 53.6. The molecule has 0 saturated carbocycles. The zero-order valence-corrected chi connectivity index (χ0v) is 50.1. The van der Waals surface area contributed by atoms with Gasteiger partial charge in [0.25, 0.3) is 0 Å². The van der Waals surface area contributed by atoms with Gasteiger partial charge < -0.3 is 20.3 Å². The summed E-state index contributed by atoms with van der Waals surface area (Å²) in [5.41, 5.74) is 0. The van der Waals surface area contributed by atoms with Crippen LogP contribution in [0.2, 0.25) is 0 Å². The van der Waals surface area contributed by atoms with Gasteiger partial charge in [-0.3, -0.25) is 9.59 Å². The number of unbranched alkanes of at least 4 members (excludes halogenated alkanes) is 50. The molecule has 0 aliphatic carbocycles. The Hall–Kier alpha value is -1.66. The summed E-state index contributed by atoms with van der Waals surface area (Å²) in [6.07, 6.45) is 79.4. The summed E-state index contributed by atoms with van der Waals surface area (Å²) in [5, 5.41) is 23.2. The number of amides is 1. The fourth-order valence-corrected chi connectivity index (χ4v) is 10.6. The van der Waals surface area contributed by atoms with Gasteiger partial charge in [0.15, 0.2) is 0 Å². The second-order valence-electron chi connectivity index (χ2n) is 23.2. The molecule has 74 heavy (non-hydrogen) atoms. The van der Waals surface area contributed by atoms with Crippen molar-refractivity contribution in [2.24, 2.45) is 0 Å². The molecule has 6 nitrogen and oxygen atoms in total. The molecular formula is C68H131NO5. The van der Waals surface area contributed by atoms with Crippen molar-refractivity contribution in [2.75, 3.05) is 13.2 Å². The van der Waals surface area contributed by atoms with Crippen LogP contribution in [-0.4, -0.2) is 47.4 Å². The van der Waals surface area contributed by atoms with Crippen molar-refractivity contribution in [1.82, 2.24) is 5.32 Å². The molecule has 0 fully saturated rings. The highest BCUT2D eigenvalue weighted by Crippen LogP contribution is 2.18. The maximum atomic E-state index is 12.5. The SMILES string of the molecule is CCCCCCCCC/C=C\CCCCCCCCCC(=O)OCCCCCCCCCCCCCCCCCCCCCCC(=O)NC(CO)C(O)/C=C/CCCCCCCCCCCCCCCCCCC. The van der Waals surface area contributed by atoms with E-state index in [-0.39, 0.29) is 18.5 Å². The van der Waals surface area contributed by atoms with E-state index in [0.717, 1.165) is 44.9 Å². The monoisotopic (exact) mass is 1040 g/mol. The number of carbonyl (C=O) groups excluding carboxylic acids is 2. The van der Waals surface area contributed by atoms with Crippen LogP contribution in [0.5, 0.6) is 0 Å². The number of hydrogen-bond acceptors (Lipinski definition) is 5. The minimum Gasteiger partial charge on any atom is -0.466 e. The second kappa shape index (κ2) is 63.9. The van der Waals surface area contributed by atoms with E-state index in [1.807, 2.05) is 6.08 Å². The van der Waals surface area contributed by atoms with Gasteiger partial charge in [-0.25, -0.2) is 0 Å². The maximum absolute atomic E-state index is 12.5. The molecule has 0 aromatic rings. The number of esters is 1. The van der Waals surface area contributed by atoms with Crippen LogP contribution in [0.15, 0.2) is 24.3 Å². The Morgan fingerprint density at radius 1 is 0.365 bits per heavy atom. The van der Waals surface area contributed by atoms with Crippen LogP contribution >= 0.6 is 0 Å². The van der Waals surface area contributed by atoms with Crippen LogP contribution in [0.4, 0.5) is 0 Å². The summed E-state index contributed by atoms with van der Waals surface area (Å²) in [7, 11) is 0. The normalized spacial score (nSPS) is 12.6. The summed E-state index contributed by atoms with van der Waals surface area (Å²) >= 11 is 0. The van der Waals surface area contributed by atoms with Crippen molar-refractivity contribution in [3.63, 3.8) is 0 Å². The van der Waals surface area contributed by atoms with Gasteiger partial charge in [-0.05, 0) is 57.8 Å². The molecule has 0 heterocycles. The molecule has 0 rings (SSSR count). The quantitative estimate of drug-likeness (QED) is 0.0320. The third-order valence-corrected chi connectivity index (χ3v) is 15.7. The summed E-state index contributed by atoms with van der Waals surface area (Å²) in [4.78, 5) is 24.6. The Morgan fingerprint density at radius 2 is 0.635 bits per heavy atom. The molecule has 0 spiro atoms. The lowest BCUT2D eigenvalue weighted by Crippen LogP contribution is -2.45. The van der Waals surface area contributed by atoms with Crippen LogP contribution in [-0.2, 0) is 14.3 Å². The number of carbonyl (C=O) groups is 2. The first-order valence-electron chi connectivity index (χ1n) is 33.6. The smallest absolute Gasteiger partial charge is 0.305 e. The number of aliphatic hydroxyl groups is 2. The number of rotatable bonds is 63. The van der Waals surface area contributed by atoms with E-state index in [1.165, 1.54) is 302 Å². The first-order chi connectivity index (χ1) is 36.5. The lowest BCUT2D eigenvalue weighted by Gasteiger charge is -2.20. The Balaban J connectivity index is 3.41. The summed E-state index contributed by atoms with van der Waals surface area (Å²) in [6, 6.07) is -0.630. The molecule has 0 aliphatic rings. The highest BCUT2D eigenvalue weighted by Gasteiger charge is 2.18. The molecular weight excluding hydrogens is 911 g/mol. The molecule has 0 saturated heterocycles. The fraction of sp³-hybridized carbons (Fsp3) is 0.912. The van der Waals surface area contributed by atoms with E-state index in [1.54, 1.807) is 6.08 Å². The van der Waals surface area contributed by atoms with Crippen molar-refractivity contribution < 1.29 is 24.5 Å². The first-order valence-corrected chi connectivity index (χ1v) is 33.6. The van der Waals surface area contributed by atoms with Crippen molar-refractivity contribution in [3.8, 4) is 0 Å². The number of nitrogens with one attached hydrogen (secondary N) is 1. The topological polar surface area (TPSA) is 95.9 Å². The predicted octanol–water partition coefficient (Wildman–Crippen LogP) is 21.4. The average Bonchev–Trinajstić information content (AvgIpc) is 3.40. The molecule has 0 aromatic heterocycles. The Labute approximate surface area is 462 Å². The van der Waals surface area contributed by atoms with Crippen molar-refractivity contribution >= 4 is 11.9 Å². The van der Waals surface area contributed by atoms with Gasteiger partial charge in [0.2, 0.25) is 5.91 Å². The predicted molar refractivity (Wildman–Crippen MR) is 324 cm³/mol. The molecule has 0 aliphatic heterocycles. The standard InChI is InChI=1S/C68H131NO5/c1-3-5-7-9-11-13-15-17-19-21-25-28-32-36-40-44-48-52-56-60-66(71)65(64-70)69-67(72)61-57-53-49-45-41-37-33-29-26-23-24-27-31-35-39-43-47-51-55-59-63-74-68(73)62-58-54-50-46-42-38-34-30-22-20-18-16-14-12-10-8-6-4-2/h20,22,56,60,65-66,70-71H,3-19,21,23-55,57-59,61-64H2,1-2H3,(H,69,72)/b22-20-,60-56+. The number of aliphatic hydroxyl groups excluding tert-OH is 2. The van der Waals surface area contributed by atoms with E-state index in [0.29, 0.717) is 19.4 Å². The highest BCUT2D eigenvalue weighted by molar-refractivity contribution is 5.76. The summed E-state index contributed by atoms with van der Waals surface area (Å²) in [6.45, 7) is 4.93. The Morgan fingerprint density at radius 3 is 0.959 bits per heavy atom. The molecule has 2 unspecified atom stereocenters. The van der Waals surface area contributed by atoms with E-state index in [9.17, 15) is 19.8 Å². The van der Waals surface area contributed by atoms with Crippen LogP contribution < -0.4 is 5.32 Å². The second-order valence-corrected chi connectivity index (χ2v) is 23.2. The van der Waals surface area contributed by atoms with Gasteiger partial charge in [-0.1, -0.05) is 327 Å². The molecule has 3 N–H and O–H groups in total. The van der Waals surface area contributed by atoms with E-state index in [2.05, 4.69) is 31.3 Å². The fourth-order valence-electron chi connectivity index (χ4n) is 10.6. The third-order valence-electron chi connectivity index (χ3n) is 15.7. The molecule has 438 valence electrons. The van der Waals surface area contributed by atoms with E-state index >= 15 is 0 Å². The van der Waals surface area contributed by atoms with Crippen LogP contribution in [0, 0.1) is 0 Å². The van der Waals surface area contributed by atoms with Gasteiger partial charge in [-0.2, -0.15) is 0 Å². The molecule has 0 aromatic carbocycles. The van der Waals surface area contributed by atoms with Gasteiger partial charge in [-0.15, -0.1) is 0 Å². The summed E-state index contributed by atoms with van der Waals surface area (Å²) in [5.74, 6) is -0.0587. The third kappa shape index (κ3) is 59.6. The van der Waals surface area contributed by atoms with Gasteiger partial charge in [0, 0.05) is 12.8 Å². The molecule has 1 amide bonds. The van der Waals surface area contributed by atoms with Crippen LogP contribution in [0.1, 0.15) is 373 Å². The molecule has 0 bridgehead atoms. The Kier molecular flexibility index (Phi) is 62.4. The van der Waals surface area contributed by atoms with Gasteiger partial charge in [0.05, 0.1) is 25.4 Å². The van der Waals surface area contributed by atoms with Crippen molar-refractivity contribution in [3.05, 3.63) is 24.3 Å². The summed E-state index contributed by atoms with van der Waals surface area (Å²) < 4.78 is 5.50. The number of hydrogen-bond donors (Lipinski definition) is 3. The lowest BCUT2D eigenvalue weighted by molar-refractivity contribution is -0.143. The van der Waals surface area contributed by atoms with Gasteiger partial charge >= 0.3 is 5.97 Å². The number of allylic oxidation sites excluding steroid dienone is 3. The molecule has 2 atom stereocenters. The first kappa shape index (κ1) is 72.3. The van der Waals surface area contributed by atoms with Crippen molar-refractivity contribution in [2.45, 2.75) is 386 Å². The molecule has 0 radical (unpaired) electrons.